The molecule has 0 bridgehead atoms. The van der Waals surface area contributed by atoms with E-state index in [4.69, 9.17) is 5.11 Å². The van der Waals surface area contributed by atoms with Crippen molar-refractivity contribution in [2.24, 2.45) is 0 Å². The van der Waals surface area contributed by atoms with Crippen LogP contribution in [0.3, 0.4) is 0 Å². The van der Waals surface area contributed by atoms with Gasteiger partial charge in [0.2, 0.25) is 0 Å². The first-order chi connectivity index (χ1) is 7.74. The van der Waals surface area contributed by atoms with E-state index in [0.29, 0.717) is 6.07 Å². The number of H-pyrrole nitrogens is 1. The van der Waals surface area contributed by atoms with Crippen LogP contribution in [0.2, 0.25) is 0 Å². The summed E-state index contributed by atoms with van der Waals surface area (Å²) in [5.74, 6) is -1.14. The van der Waals surface area contributed by atoms with Crippen LogP contribution in [-0.2, 0) is 6.61 Å². The number of nitrogens with one attached hydrogen (secondary N) is 1. The Morgan fingerprint density at radius 2 is 2.00 bits per heavy atom. The number of alkyl halides is 5. The van der Waals surface area contributed by atoms with Crippen LogP contribution in [0, 0.1) is 0 Å². The maximum Gasteiger partial charge on any atom is 0.573 e. The van der Waals surface area contributed by atoms with E-state index in [-0.39, 0.29) is 0 Å². The lowest BCUT2D eigenvalue weighted by Gasteiger charge is -2.14. The van der Waals surface area contributed by atoms with E-state index in [0.717, 1.165) is 0 Å². The van der Waals surface area contributed by atoms with Crippen LogP contribution in [0.25, 0.3) is 0 Å². The number of aromatic amines is 1. The molecule has 1 aromatic heterocycles. The van der Waals surface area contributed by atoms with Crippen LogP contribution in [0.15, 0.2) is 10.9 Å². The Balaban J connectivity index is 3.33. The zero-order valence-corrected chi connectivity index (χ0v) is 8.02. The zero-order valence-electron chi connectivity index (χ0n) is 8.02. The lowest BCUT2D eigenvalue weighted by Crippen LogP contribution is -2.21. The first kappa shape index (κ1) is 13.4. The summed E-state index contributed by atoms with van der Waals surface area (Å²) in [6.07, 6.45) is -8.38. The number of pyridine rings is 1. The number of ether oxygens (including phenoxy) is 1. The molecule has 0 atom stereocenters. The van der Waals surface area contributed by atoms with Crippen molar-refractivity contribution in [3.63, 3.8) is 0 Å². The number of hydrogen-bond acceptors (Lipinski definition) is 3. The Morgan fingerprint density at radius 1 is 1.41 bits per heavy atom. The lowest BCUT2D eigenvalue weighted by atomic mass is 10.2. The van der Waals surface area contributed by atoms with Crippen molar-refractivity contribution in [1.29, 1.82) is 0 Å². The molecule has 0 spiro atoms. The quantitative estimate of drug-likeness (QED) is 0.812. The van der Waals surface area contributed by atoms with E-state index in [2.05, 4.69) is 4.74 Å². The highest BCUT2D eigenvalue weighted by Crippen LogP contribution is 2.30. The smallest absolute Gasteiger partial charge is 0.405 e. The van der Waals surface area contributed by atoms with E-state index < -0.39 is 42.0 Å². The first-order valence-electron chi connectivity index (χ1n) is 4.15. The Hall–Kier alpha value is -1.64. The van der Waals surface area contributed by atoms with Gasteiger partial charge in [-0.2, -0.15) is 0 Å². The maximum atomic E-state index is 12.4. The Labute approximate surface area is 90.6 Å². The summed E-state index contributed by atoms with van der Waals surface area (Å²) in [7, 11) is 0. The Bertz CT molecular complexity index is 453. The van der Waals surface area contributed by atoms with Crippen molar-refractivity contribution in [3.05, 3.63) is 27.7 Å². The monoisotopic (exact) mass is 259 g/mol. The van der Waals surface area contributed by atoms with Gasteiger partial charge < -0.3 is 14.8 Å². The summed E-state index contributed by atoms with van der Waals surface area (Å²) in [5.41, 5.74) is -3.09. The van der Waals surface area contributed by atoms with Gasteiger partial charge in [-0.25, -0.2) is 8.78 Å². The van der Waals surface area contributed by atoms with Crippen molar-refractivity contribution in [2.75, 3.05) is 0 Å². The fourth-order valence-electron chi connectivity index (χ4n) is 1.15. The van der Waals surface area contributed by atoms with Crippen LogP contribution in [0.4, 0.5) is 22.0 Å². The van der Waals surface area contributed by atoms with Crippen molar-refractivity contribution in [1.82, 2.24) is 4.98 Å². The molecule has 9 heteroatoms. The lowest BCUT2D eigenvalue weighted by molar-refractivity contribution is -0.275. The molecular formula is C8H6F5NO3. The molecule has 1 heterocycles. The molecule has 0 saturated heterocycles. The predicted octanol–water partition coefficient (Wildman–Crippen LogP) is 1.70. The van der Waals surface area contributed by atoms with Gasteiger partial charge in [0, 0.05) is 11.6 Å². The highest BCUT2D eigenvalue weighted by Gasteiger charge is 2.33. The van der Waals surface area contributed by atoms with Gasteiger partial charge >= 0.3 is 6.36 Å². The van der Waals surface area contributed by atoms with Crippen LogP contribution in [-0.4, -0.2) is 16.5 Å². The number of rotatable bonds is 3. The molecule has 2 N–H and O–H groups in total. The van der Waals surface area contributed by atoms with E-state index in [1.165, 1.54) is 0 Å². The van der Waals surface area contributed by atoms with Crippen LogP contribution in [0.5, 0.6) is 5.75 Å². The molecule has 0 fully saturated rings. The molecule has 0 aliphatic heterocycles. The number of aromatic nitrogens is 1. The normalized spacial score (nSPS) is 11.9. The topological polar surface area (TPSA) is 62.3 Å². The fourth-order valence-corrected chi connectivity index (χ4v) is 1.15. The summed E-state index contributed by atoms with van der Waals surface area (Å²) in [6.45, 7) is -1.12. The first-order valence-corrected chi connectivity index (χ1v) is 4.15. The standard InChI is InChI=1S/C8H6F5NO3/c9-7(10)6-3(2-15)4(1-5(16)14-6)17-8(11,12)13/h1,7,15H,2H2,(H,14,16). The highest BCUT2D eigenvalue weighted by molar-refractivity contribution is 5.36. The third-order valence-corrected chi connectivity index (χ3v) is 1.74. The van der Waals surface area contributed by atoms with Gasteiger partial charge in [0.1, 0.15) is 5.75 Å². The molecule has 0 aliphatic rings. The number of aliphatic hydroxyl groups excluding tert-OH is 1. The van der Waals surface area contributed by atoms with Gasteiger partial charge in [-0.3, -0.25) is 4.79 Å². The maximum absolute atomic E-state index is 12.4. The van der Waals surface area contributed by atoms with E-state index >= 15 is 0 Å². The van der Waals surface area contributed by atoms with Gasteiger partial charge in [-0.1, -0.05) is 0 Å². The molecule has 0 aliphatic carbocycles. The predicted molar refractivity (Wildman–Crippen MR) is 44.6 cm³/mol. The van der Waals surface area contributed by atoms with Crippen LogP contribution >= 0.6 is 0 Å². The summed E-state index contributed by atoms with van der Waals surface area (Å²) >= 11 is 0. The molecule has 1 rings (SSSR count). The largest absolute Gasteiger partial charge is 0.573 e. The van der Waals surface area contributed by atoms with Gasteiger partial charge in [0.15, 0.2) is 0 Å². The molecule has 4 nitrogen and oxygen atoms in total. The third kappa shape index (κ3) is 3.41. The van der Waals surface area contributed by atoms with Crippen LogP contribution < -0.4 is 10.3 Å². The van der Waals surface area contributed by atoms with Crippen molar-refractivity contribution < 1.29 is 31.8 Å². The summed E-state index contributed by atoms with van der Waals surface area (Å²) < 4.78 is 63.9. The second kappa shape index (κ2) is 4.70. The Morgan fingerprint density at radius 3 is 2.41 bits per heavy atom. The second-order valence-electron chi connectivity index (χ2n) is 2.90. The molecular weight excluding hydrogens is 253 g/mol. The van der Waals surface area contributed by atoms with Gasteiger partial charge in [-0.05, 0) is 0 Å². The van der Waals surface area contributed by atoms with Gasteiger partial charge in [0.25, 0.3) is 12.0 Å². The van der Waals surface area contributed by atoms with Gasteiger partial charge in [0.05, 0.1) is 12.3 Å². The third-order valence-electron chi connectivity index (χ3n) is 1.74. The fraction of sp³-hybridized carbons (Fsp3) is 0.375. The second-order valence-corrected chi connectivity index (χ2v) is 2.90. The van der Waals surface area contributed by atoms with Gasteiger partial charge in [-0.15, -0.1) is 13.2 Å². The minimum absolute atomic E-state index is 0.338. The SMILES string of the molecule is O=c1cc(OC(F)(F)F)c(CO)c(C(F)F)[nH]1. The average molecular weight is 259 g/mol. The minimum Gasteiger partial charge on any atom is -0.405 e. The minimum atomic E-state index is -5.14. The van der Waals surface area contributed by atoms with Crippen molar-refractivity contribution in [3.8, 4) is 5.75 Å². The molecule has 0 saturated carbocycles. The average Bonchev–Trinajstić information content (AvgIpc) is 2.14. The van der Waals surface area contributed by atoms with E-state index in [1.807, 2.05) is 0 Å². The molecule has 0 aromatic carbocycles. The van der Waals surface area contributed by atoms with Crippen LogP contribution in [0.1, 0.15) is 17.7 Å². The molecule has 1 aromatic rings. The summed E-state index contributed by atoms with van der Waals surface area (Å²) in [6, 6.07) is 0.338. The van der Waals surface area contributed by atoms with E-state index in [9.17, 15) is 26.7 Å². The zero-order chi connectivity index (χ0) is 13.2. The Kier molecular flexibility index (Phi) is 3.71. The summed E-state index contributed by atoms with van der Waals surface area (Å²) in [5, 5.41) is 8.73. The highest BCUT2D eigenvalue weighted by atomic mass is 19.4. The molecule has 0 radical (unpaired) electrons. The number of aliphatic hydroxyl groups is 1. The number of halogens is 5. The van der Waals surface area contributed by atoms with Crippen molar-refractivity contribution >= 4 is 0 Å². The molecule has 0 unspecified atom stereocenters. The molecule has 96 valence electrons. The van der Waals surface area contributed by atoms with E-state index in [1.54, 1.807) is 4.98 Å². The molecule has 0 amide bonds. The summed E-state index contributed by atoms with van der Waals surface area (Å²) in [4.78, 5) is 12.5. The number of hydrogen-bond donors (Lipinski definition) is 2. The van der Waals surface area contributed by atoms with Crippen molar-refractivity contribution in [2.45, 2.75) is 19.4 Å². The molecule has 17 heavy (non-hydrogen) atoms.